The number of aryl methyl sites for hydroxylation is 1. The number of thiazole rings is 1. The first kappa shape index (κ1) is 14.5. The lowest BCUT2D eigenvalue weighted by Gasteiger charge is -2.08. The monoisotopic (exact) mass is 301 g/mol. The molecule has 20 heavy (non-hydrogen) atoms. The van der Waals surface area contributed by atoms with Gasteiger partial charge in [-0.15, -0.1) is 24.5 Å². The number of nitrogens with zero attached hydrogens (tertiary/aromatic N) is 1. The molecule has 2 aromatic rings. The zero-order valence-electron chi connectivity index (χ0n) is 10.4. The van der Waals surface area contributed by atoms with E-state index in [1.54, 1.807) is 0 Å². The standard InChI is InChI=1S/C13H10F3NO2S/c1-8-7-20-12(17-8)6-11(18)9-2-4-10(5-3-9)19-13(14,15)16/h2-5,7H,6H2,1H3. The molecule has 1 aromatic carbocycles. The summed E-state index contributed by atoms with van der Waals surface area (Å²) >= 11 is 1.38. The van der Waals surface area contributed by atoms with Crippen LogP contribution in [0, 0.1) is 6.92 Å². The van der Waals surface area contributed by atoms with Gasteiger partial charge in [0.05, 0.1) is 6.42 Å². The summed E-state index contributed by atoms with van der Waals surface area (Å²) in [6, 6.07) is 4.86. The van der Waals surface area contributed by atoms with Gasteiger partial charge in [-0.05, 0) is 31.2 Å². The van der Waals surface area contributed by atoms with E-state index in [-0.39, 0.29) is 18.0 Å². The summed E-state index contributed by atoms with van der Waals surface area (Å²) in [4.78, 5) is 16.1. The molecule has 0 saturated carbocycles. The van der Waals surface area contributed by atoms with Crippen molar-refractivity contribution >= 4 is 17.1 Å². The second kappa shape index (κ2) is 5.62. The van der Waals surface area contributed by atoms with Crippen molar-refractivity contribution in [1.82, 2.24) is 4.98 Å². The first-order valence-electron chi connectivity index (χ1n) is 5.63. The van der Waals surface area contributed by atoms with Crippen molar-refractivity contribution in [2.75, 3.05) is 0 Å². The molecule has 0 aliphatic rings. The highest BCUT2D eigenvalue weighted by Gasteiger charge is 2.31. The Kier molecular flexibility index (Phi) is 4.08. The lowest BCUT2D eigenvalue weighted by Crippen LogP contribution is -2.17. The molecule has 0 unspecified atom stereocenters. The summed E-state index contributed by atoms with van der Waals surface area (Å²) in [6.07, 6.45) is -4.60. The maximum atomic E-state index is 12.0. The van der Waals surface area contributed by atoms with E-state index in [1.165, 1.54) is 23.5 Å². The molecular formula is C13H10F3NO2S. The van der Waals surface area contributed by atoms with Gasteiger partial charge in [-0.25, -0.2) is 4.98 Å². The number of ketones is 1. The number of rotatable bonds is 4. The highest BCUT2D eigenvalue weighted by atomic mass is 32.1. The van der Waals surface area contributed by atoms with Crippen LogP contribution in [0.4, 0.5) is 13.2 Å². The fourth-order valence-electron chi connectivity index (χ4n) is 1.57. The van der Waals surface area contributed by atoms with Gasteiger partial charge < -0.3 is 4.74 Å². The smallest absolute Gasteiger partial charge is 0.406 e. The summed E-state index contributed by atoms with van der Waals surface area (Å²) in [7, 11) is 0. The maximum absolute atomic E-state index is 12.0. The molecule has 0 atom stereocenters. The van der Waals surface area contributed by atoms with E-state index in [1.807, 2.05) is 12.3 Å². The molecule has 0 amide bonds. The Morgan fingerprint density at radius 3 is 2.45 bits per heavy atom. The molecule has 0 aliphatic heterocycles. The average molecular weight is 301 g/mol. The first-order valence-corrected chi connectivity index (χ1v) is 6.51. The number of hydrogen-bond acceptors (Lipinski definition) is 4. The molecule has 0 saturated heterocycles. The van der Waals surface area contributed by atoms with Gasteiger partial charge in [0.2, 0.25) is 0 Å². The number of Topliss-reactive ketones (excluding diaryl/α,β-unsaturated/α-hetero) is 1. The minimum atomic E-state index is -4.73. The van der Waals surface area contributed by atoms with Crippen molar-refractivity contribution in [3.63, 3.8) is 0 Å². The highest BCUT2D eigenvalue weighted by Crippen LogP contribution is 2.23. The molecule has 7 heteroatoms. The van der Waals surface area contributed by atoms with Gasteiger partial charge in [-0.1, -0.05) is 0 Å². The zero-order valence-corrected chi connectivity index (χ0v) is 11.2. The van der Waals surface area contributed by atoms with E-state index in [9.17, 15) is 18.0 Å². The molecular weight excluding hydrogens is 291 g/mol. The fraction of sp³-hybridized carbons (Fsp3) is 0.231. The van der Waals surface area contributed by atoms with Gasteiger partial charge in [0.15, 0.2) is 5.78 Å². The largest absolute Gasteiger partial charge is 0.573 e. The van der Waals surface area contributed by atoms with Crippen LogP contribution < -0.4 is 4.74 Å². The van der Waals surface area contributed by atoms with Crippen LogP contribution in [0.1, 0.15) is 21.1 Å². The summed E-state index contributed by atoms with van der Waals surface area (Å²) in [6.45, 7) is 1.83. The predicted molar refractivity (Wildman–Crippen MR) is 68.0 cm³/mol. The van der Waals surface area contributed by atoms with Gasteiger partial charge in [-0.3, -0.25) is 4.79 Å². The van der Waals surface area contributed by atoms with E-state index < -0.39 is 6.36 Å². The van der Waals surface area contributed by atoms with Crippen LogP contribution in [-0.4, -0.2) is 17.1 Å². The van der Waals surface area contributed by atoms with E-state index in [2.05, 4.69) is 9.72 Å². The fourth-order valence-corrected chi connectivity index (χ4v) is 2.34. The lowest BCUT2D eigenvalue weighted by atomic mass is 10.1. The molecule has 2 rings (SSSR count). The molecule has 3 nitrogen and oxygen atoms in total. The topological polar surface area (TPSA) is 39.2 Å². The number of carbonyl (C=O) groups is 1. The first-order chi connectivity index (χ1) is 9.33. The predicted octanol–water partition coefficient (Wildman–Crippen LogP) is 3.78. The third kappa shape index (κ3) is 4.06. The average Bonchev–Trinajstić information content (AvgIpc) is 2.73. The number of halogens is 3. The van der Waals surface area contributed by atoms with Crippen molar-refractivity contribution in [3.8, 4) is 5.75 Å². The third-order valence-corrected chi connectivity index (χ3v) is 3.35. The van der Waals surface area contributed by atoms with Crippen molar-refractivity contribution < 1.29 is 22.7 Å². The van der Waals surface area contributed by atoms with Gasteiger partial charge in [-0.2, -0.15) is 0 Å². The van der Waals surface area contributed by atoms with Crippen molar-refractivity contribution in [3.05, 3.63) is 45.9 Å². The molecule has 0 fully saturated rings. The normalized spacial score (nSPS) is 11.4. The number of carbonyl (C=O) groups excluding carboxylic acids is 1. The maximum Gasteiger partial charge on any atom is 0.573 e. The molecule has 1 heterocycles. The summed E-state index contributed by atoms with van der Waals surface area (Å²) < 4.78 is 39.7. The number of aromatic nitrogens is 1. The van der Waals surface area contributed by atoms with Crippen molar-refractivity contribution in [2.45, 2.75) is 19.7 Å². The second-order valence-electron chi connectivity index (χ2n) is 4.05. The van der Waals surface area contributed by atoms with Crippen LogP contribution in [-0.2, 0) is 6.42 Å². The molecule has 106 valence electrons. The van der Waals surface area contributed by atoms with E-state index in [0.29, 0.717) is 10.6 Å². The van der Waals surface area contributed by atoms with E-state index in [0.717, 1.165) is 17.8 Å². The van der Waals surface area contributed by atoms with Crippen LogP contribution in [0.5, 0.6) is 5.75 Å². The molecule has 0 radical (unpaired) electrons. The summed E-state index contributed by atoms with van der Waals surface area (Å²) in [5.74, 6) is -0.544. The van der Waals surface area contributed by atoms with Crippen molar-refractivity contribution in [1.29, 1.82) is 0 Å². The van der Waals surface area contributed by atoms with Gasteiger partial charge >= 0.3 is 6.36 Å². The van der Waals surface area contributed by atoms with Gasteiger partial charge in [0.25, 0.3) is 0 Å². The Balaban J connectivity index is 2.04. The second-order valence-corrected chi connectivity index (χ2v) is 5.00. The summed E-state index contributed by atoms with van der Waals surface area (Å²) in [5, 5.41) is 2.52. The van der Waals surface area contributed by atoms with E-state index in [4.69, 9.17) is 0 Å². The number of alkyl halides is 3. The van der Waals surface area contributed by atoms with Gasteiger partial charge in [0.1, 0.15) is 10.8 Å². The molecule has 0 aliphatic carbocycles. The Hall–Kier alpha value is -1.89. The van der Waals surface area contributed by atoms with Crippen LogP contribution in [0.3, 0.4) is 0 Å². The Morgan fingerprint density at radius 1 is 1.30 bits per heavy atom. The SMILES string of the molecule is Cc1csc(CC(=O)c2ccc(OC(F)(F)F)cc2)n1. The molecule has 0 spiro atoms. The van der Waals surface area contributed by atoms with Gasteiger partial charge in [0, 0.05) is 16.6 Å². The van der Waals surface area contributed by atoms with Crippen LogP contribution in [0.15, 0.2) is 29.6 Å². The Labute approximate surface area is 117 Å². The minimum absolute atomic E-state index is 0.137. The van der Waals surface area contributed by atoms with Crippen LogP contribution in [0.25, 0.3) is 0 Å². The number of ether oxygens (including phenoxy) is 1. The van der Waals surface area contributed by atoms with Crippen LogP contribution in [0.2, 0.25) is 0 Å². The highest BCUT2D eigenvalue weighted by molar-refractivity contribution is 7.09. The Bertz CT molecular complexity index is 605. The minimum Gasteiger partial charge on any atom is -0.406 e. The zero-order chi connectivity index (χ0) is 14.8. The molecule has 1 aromatic heterocycles. The molecule has 0 bridgehead atoms. The Morgan fingerprint density at radius 2 is 1.95 bits per heavy atom. The lowest BCUT2D eigenvalue weighted by molar-refractivity contribution is -0.274. The summed E-state index contributed by atoms with van der Waals surface area (Å²) in [5.41, 5.74) is 1.17. The van der Waals surface area contributed by atoms with Crippen LogP contribution >= 0.6 is 11.3 Å². The number of hydrogen-bond donors (Lipinski definition) is 0. The van der Waals surface area contributed by atoms with E-state index >= 15 is 0 Å². The molecule has 0 N–H and O–H groups in total. The third-order valence-electron chi connectivity index (χ3n) is 2.39. The quantitative estimate of drug-likeness (QED) is 0.807. The van der Waals surface area contributed by atoms with Crippen molar-refractivity contribution in [2.24, 2.45) is 0 Å². The number of benzene rings is 1.